The summed E-state index contributed by atoms with van der Waals surface area (Å²) in [5.41, 5.74) is 4.82. The third-order valence-corrected chi connectivity index (χ3v) is 4.21. The zero-order valence-corrected chi connectivity index (χ0v) is 14.6. The second-order valence-electron chi connectivity index (χ2n) is 6.64. The van der Waals surface area contributed by atoms with Gasteiger partial charge in [0.05, 0.1) is 6.61 Å². The van der Waals surface area contributed by atoms with Crippen molar-refractivity contribution in [3.05, 3.63) is 34.9 Å². The largest absolute Gasteiger partial charge is 0.383 e. The number of ether oxygens (including phenoxy) is 1. The second-order valence-corrected chi connectivity index (χ2v) is 6.64. The molecule has 0 heterocycles. The lowest BCUT2D eigenvalue weighted by molar-refractivity contribution is 0.193. The zero-order valence-electron chi connectivity index (χ0n) is 14.6. The second kappa shape index (κ2) is 9.22. The molecule has 0 amide bonds. The molecule has 21 heavy (non-hydrogen) atoms. The third kappa shape index (κ3) is 6.62. The Morgan fingerprint density at radius 2 is 1.81 bits per heavy atom. The summed E-state index contributed by atoms with van der Waals surface area (Å²) in [6, 6.07) is 7.04. The van der Waals surface area contributed by atoms with Gasteiger partial charge in [0.25, 0.3) is 0 Å². The van der Waals surface area contributed by atoms with Gasteiger partial charge >= 0.3 is 0 Å². The molecule has 2 nitrogen and oxygen atoms in total. The lowest BCUT2D eigenvalue weighted by Crippen LogP contribution is -2.31. The van der Waals surface area contributed by atoms with E-state index in [-0.39, 0.29) is 0 Å². The number of hydrogen-bond acceptors (Lipinski definition) is 2. The molecule has 0 saturated carbocycles. The predicted octanol–water partition coefficient (Wildman–Crippen LogP) is 4.01. The fourth-order valence-corrected chi connectivity index (χ4v) is 2.68. The normalized spacial score (nSPS) is 11.9. The van der Waals surface area contributed by atoms with Gasteiger partial charge in [0.15, 0.2) is 0 Å². The van der Waals surface area contributed by atoms with Gasteiger partial charge in [-0.2, -0.15) is 0 Å². The van der Waals surface area contributed by atoms with Crippen LogP contribution in [-0.4, -0.2) is 26.8 Å². The molecule has 1 aromatic rings. The topological polar surface area (TPSA) is 21.3 Å². The molecule has 0 spiro atoms. The Balaban J connectivity index is 2.49. The highest BCUT2D eigenvalue weighted by Crippen LogP contribution is 2.23. The monoisotopic (exact) mass is 291 g/mol. The van der Waals surface area contributed by atoms with E-state index in [1.165, 1.54) is 23.1 Å². The van der Waals surface area contributed by atoms with Crippen molar-refractivity contribution in [3.63, 3.8) is 0 Å². The summed E-state index contributed by atoms with van der Waals surface area (Å²) in [5.74, 6) is 0. The van der Waals surface area contributed by atoms with Crippen LogP contribution < -0.4 is 5.32 Å². The molecular weight excluding hydrogens is 258 g/mol. The van der Waals surface area contributed by atoms with E-state index in [0.29, 0.717) is 5.41 Å². The van der Waals surface area contributed by atoms with Crippen LogP contribution in [0, 0.1) is 5.41 Å². The summed E-state index contributed by atoms with van der Waals surface area (Å²) in [4.78, 5) is 0. The highest BCUT2D eigenvalue weighted by Gasteiger charge is 2.17. The Hall–Kier alpha value is -0.860. The molecule has 1 aromatic carbocycles. The first-order valence-corrected chi connectivity index (χ1v) is 8.32. The summed E-state index contributed by atoms with van der Waals surface area (Å²) < 4.78 is 5.07. The first-order valence-electron chi connectivity index (χ1n) is 8.32. The molecule has 0 aliphatic rings. The molecule has 0 saturated heterocycles. The van der Waals surface area contributed by atoms with Crippen LogP contribution in [0.15, 0.2) is 18.2 Å². The molecule has 1 N–H and O–H groups in total. The van der Waals surface area contributed by atoms with Gasteiger partial charge in [-0.3, -0.25) is 0 Å². The van der Waals surface area contributed by atoms with Crippen molar-refractivity contribution >= 4 is 0 Å². The van der Waals surface area contributed by atoms with Gasteiger partial charge in [-0.15, -0.1) is 0 Å². The van der Waals surface area contributed by atoms with E-state index in [1.54, 1.807) is 7.11 Å². The highest BCUT2D eigenvalue weighted by molar-refractivity contribution is 5.32. The lowest BCUT2D eigenvalue weighted by Gasteiger charge is -2.25. The average molecular weight is 291 g/mol. The highest BCUT2D eigenvalue weighted by atomic mass is 16.5. The molecular formula is C19H33NO. The van der Waals surface area contributed by atoms with Crippen molar-refractivity contribution in [2.24, 2.45) is 5.41 Å². The van der Waals surface area contributed by atoms with E-state index >= 15 is 0 Å². The summed E-state index contributed by atoms with van der Waals surface area (Å²) in [6.45, 7) is 11.9. The zero-order chi connectivity index (χ0) is 15.7. The van der Waals surface area contributed by atoms with E-state index < -0.39 is 0 Å². The van der Waals surface area contributed by atoms with Crippen molar-refractivity contribution in [3.8, 4) is 0 Å². The molecule has 0 unspecified atom stereocenters. The van der Waals surface area contributed by atoms with Crippen LogP contribution in [0.25, 0.3) is 0 Å². The standard InChI is InChI=1S/C19H33NO/c1-6-17-9-8-16(14-18(17)7-2)10-11-19(3,4)15-20-12-13-21-5/h8-9,14,20H,6-7,10-13,15H2,1-5H3. The van der Waals surface area contributed by atoms with Crippen molar-refractivity contribution in [1.82, 2.24) is 5.32 Å². The molecule has 2 heteroatoms. The Labute approximate surface area is 131 Å². The van der Waals surface area contributed by atoms with Gasteiger partial charge in [0.1, 0.15) is 0 Å². The van der Waals surface area contributed by atoms with Crippen molar-refractivity contribution in [2.45, 2.75) is 53.4 Å². The van der Waals surface area contributed by atoms with Crippen LogP contribution in [0.5, 0.6) is 0 Å². The van der Waals surface area contributed by atoms with Crippen LogP contribution in [-0.2, 0) is 24.0 Å². The fourth-order valence-electron chi connectivity index (χ4n) is 2.68. The van der Waals surface area contributed by atoms with E-state index in [1.807, 2.05) is 0 Å². The van der Waals surface area contributed by atoms with E-state index in [4.69, 9.17) is 4.74 Å². The Morgan fingerprint density at radius 3 is 2.43 bits per heavy atom. The molecule has 0 atom stereocenters. The van der Waals surface area contributed by atoms with Gasteiger partial charge < -0.3 is 10.1 Å². The van der Waals surface area contributed by atoms with Gasteiger partial charge in [-0.05, 0) is 47.8 Å². The molecule has 0 aromatic heterocycles. The van der Waals surface area contributed by atoms with Crippen LogP contribution in [0.2, 0.25) is 0 Å². The number of methoxy groups -OCH3 is 1. The summed E-state index contributed by atoms with van der Waals surface area (Å²) in [6.07, 6.45) is 4.65. The van der Waals surface area contributed by atoms with Gasteiger partial charge in [0.2, 0.25) is 0 Å². The minimum atomic E-state index is 0.323. The smallest absolute Gasteiger partial charge is 0.0587 e. The molecule has 0 radical (unpaired) electrons. The number of nitrogens with one attached hydrogen (secondary N) is 1. The lowest BCUT2D eigenvalue weighted by atomic mass is 9.85. The Morgan fingerprint density at radius 1 is 1.10 bits per heavy atom. The number of rotatable bonds is 10. The Bertz CT molecular complexity index is 412. The van der Waals surface area contributed by atoms with E-state index in [9.17, 15) is 0 Å². The van der Waals surface area contributed by atoms with Gasteiger partial charge in [0, 0.05) is 20.2 Å². The predicted molar refractivity (Wildman–Crippen MR) is 92.0 cm³/mol. The van der Waals surface area contributed by atoms with Crippen molar-refractivity contribution < 1.29 is 4.74 Å². The SMILES string of the molecule is CCc1ccc(CCC(C)(C)CNCCOC)cc1CC. The van der Waals surface area contributed by atoms with Gasteiger partial charge in [-0.1, -0.05) is 45.9 Å². The molecule has 0 aliphatic heterocycles. The number of hydrogen-bond donors (Lipinski definition) is 1. The Kier molecular flexibility index (Phi) is 7.98. The minimum Gasteiger partial charge on any atom is -0.383 e. The molecule has 0 fully saturated rings. The van der Waals surface area contributed by atoms with Crippen molar-refractivity contribution in [2.75, 3.05) is 26.8 Å². The van der Waals surface area contributed by atoms with Crippen molar-refractivity contribution in [1.29, 1.82) is 0 Å². The maximum Gasteiger partial charge on any atom is 0.0587 e. The fraction of sp³-hybridized carbons (Fsp3) is 0.684. The van der Waals surface area contributed by atoms with Crippen LogP contribution in [0.1, 0.15) is 50.8 Å². The summed E-state index contributed by atoms with van der Waals surface area (Å²) >= 11 is 0. The summed E-state index contributed by atoms with van der Waals surface area (Å²) in [7, 11) is 1.75. The quantitative estimate of drug-likeness (QED) is 0.658. The minimum absolute atomic E-state index is 0.323. The van der Waals surface area contributed by atoms with E-state index in [0.717, 1.165) is 39.0 Å². The maximum atomic E-state index is 5.07. The van der Waals surface area contributed by atoms with Crippen LogP contribution >= 0.6 is 0 Å². The molecule has 1 rings (SSSR count). The molecule has 0 bridgehead atoms. The third-order valence-electron chi connectivity index (χ3n) is 4.21. The van der Waals surface area contributed by atoms with Crippen LogP contribution in [0.3, 0.4) is 0 Å². The maximum absolute atomic E-state index is 5.07. The van der Waals surface area contributed by atoms with Crippen LogP contribution in [0.4, 0.5) is 0 Å². The first-order chi connectivity index (χ1) is 10.0. The first kappa shape index (κ1) is 18.2. The average Bonchev–Trinajstić information content (AvgIpc) is 2.49. The molecule has 120 valence electrons. The van der Waals surface area contributed by atoms with Gasteiger partial charge in [-0.25, -0.2) is 0 Å². The summed E-state index contributed by atoms with van der Waals surface area (Å²) in [5, 5.41) is 3.48. The van der Waals surface area contributed by atoms with E-state index in [2.05, 4.69) is 51.2 Å². The number of aryl methyl sites for hydroxylation is 3. The molecule has 0 aliphatic carbocycles. The number of benzene rings is 1.